The third-order valence-electron chi connectivity index (χ3n) is 9.71. The number of carbonyl (C=O) groups is 3. The van der Waals surface area contributed by atoms with Crippen LogP contribution in [-0.2, 0) is 28.6 Å². The van der Waals surface area contributed by atoms with Crippen molar-refractivity contribution >= 4 is 17.9 Å². The molecule has 0 aliphatic carbocycles. The Balaban J connectivity index is 4.31. The van der Waals surface area contributed by atoms with Crippen molar-refractivity contribution in [1.29, 1.82) is 0 Å². The third kappa shape index (κ3) is 39.1. The summed E-state index contributed by atoms with van der Waals surface area (Å²) in [5.74, 6) is -0.889. The summed E-state index contributed by atoms with van der Waals surface area (Å²) in [6.07, 6.45) is 44.5. The molecule has 6 heteroatoms. The molecule has 52 heavy (non-hydrogen) atoms. The fourth-order valence-corrected chi connectivity index (χ4v) is 6.29. The lowest BCUT2D eigenvalue weighted by Crippen LogP contribution is -2.30. The van der Waals surface area contributed by atoms with Gasteiger partial charge in [0.2, 0.25) is 0 Å². The van der Waals surface area contributed by atoms with Gasteiger partial charge in [-0.25, -0.2) is 0 Å². The first kappa shape index (κ1) is 49.9. The minimum absolute atomic E-state index is 0.0726. The van der Waals surface area contributed by atoms with Gasteiger partial charge >= 0.3 is 17.9 Å². The summed E-state index contributed by atoms with van der Waals surface area (Å²) in [7, 11) is 0. The van der Waals surface area contributed by atoms with Gasteiger partial charge in [-0.15, -0.1) is 0 Å². The topological polar surface area (TPSA) is 78.9 Å². The van der Waals surface area contributed by atoms with Crippen molar-refractivity contribution in [1.82, 2.24) is 0 Å². The second-order valence-corrected chi connectivity index (χ2v) is 15.0. The van der Waals surface area contributed by atoms with Crippen LogP contribution >= 0.6 is 0 Å². The van der Waals surface area contributed by atoms with Crippen molar-refractivity contribution in [3.8, 4) is 0 Å². The van der Waals surface area contributed by atoms with Crippen LogP contribution in [0.2, 0.25) is 0 Å². The first-order chi connectivity index (χ1) is 25.5. The molecule has 0 saturated heterocycles. The molecule has 0 rings (SSSR count). The van der Waals surface area contributed by atoms with Gasteiger partial charge in [0.25, 0.3) is 0 Å². The molecule has 6 nitrogen and oxygen atoms in total. The zero-order chi connectivity index (χ0) is 38.0. The van der Waals surface area contributed by atoms with Gasteiger partial charge < -0.3 is 14.2 Å². The van der Waals surface area contributed by atoms with Gasteiger partial charge in [-0.3, -0.25) is 14.4 Å². The molecule has 0 heterocycles. The molecule has 0 fully saturated rings. The van der Waals surface area contributed by atoms with E-state index >= 15 is 0 Å². The predicted octanol–water partition coefficient (Wildman–Crippen LogP) is 14.0. The second kappa shape index (κ2) is 41.6. The van der Waals surface area contributed by atoms with Crippen LogP contribution in [0.25, 0.3) is 0 Å². The lowest BCUT2D eigenvalue weighted by Gasteiger charge is -2.18. The van der Waals surface area contributed by atoms with Gasteiger partial charge in [0.15, 0.2) is 6.10 Å². The minimum Gasteiger partial charge on any atom is -0.462 e. The maximum absolute atomic E-state index is 12.6. The highest BCUT2D eigenvalue weighted by Crippen LogP contribution is 2.14. The maximum Gasteiger partial charge on any atom is 0.306 e. The molecule has 1 unspecified atom stereocenters. The first-order valence-electron chi connectivity index (χ1n) is 22.3. The van der Waals surface area contributed by atoms with Crippen LogP contribution in [0.15, 0.2) is 24.3 Å². The quantitative estimate of drug-likeness (QED) is 0.0270. The van der Waals surface area contributed by atoms with E-state index in [0.717, 1.165) is 77.0 Å². The Morgan fingerprint density at radius 3 is 1.08 bits per heavy atom. The molecule has 0 aromatic rings. The van der Waals surface area contributed by atoms with E-state index in [9.17, 15) is 14.4 Å². The molecule has 0 aliphatic heterocycles. The summed E-state index contributed by atoms with van der Waals surface area (Å²) >= 11 is 0. The van der Waals surface area contributed by atoms with Crippen molar-refractivity contribution in [2.45, 2.75) is 239 Å². The maximum atomic E-state index is 12.6. The van der Waals surface area contributed by atoms with Crippen molar-refractivity contribution in [3.63, 3.8) is 0 Å². The average molecular weight is 733 g/mol. The number of rotatable bonds is 40. The van der Waals surface area contributed by atoms with E-state index in [4.69, 9.17) is 14.2 Å². The fourth-order valence-electron chi connectivity index (χ4n) is 6.29. The molecule has 0 aliphatic rings. The summed E-state index contributed by atoms with van der Waals surface area (Å²) in [6, 6.07) is 0. The Morgan fingerprint density at radius 1 is 0.385 bits per heavy atom. The lowest BCUT2D eigenvalue weighted by atomic mass is 10.1. The normalized spacial score (nSPS) is 12.1. The predicted molar refractivity (Wildman–Crippen MR) is 219 cm³/mol. The van der Waals surface area contributed by atoms with Crippen molar-refractivity contribution in [2.75, 3.05) is 13.2 Å². The minimum atomic E-state index is -0.767. The third-order valence-corrected chi connectivity index (χ3v) is 9.71. The molecule has 0 aromatic heterocycles. The molecule has 0 saturated carbocycles. The van der Waals surface area contributed by atoms with Crippen LogP contribution in [0, 0.1) is 0 Å². The lowest BCUT2D eigenvalue weighted by molar-refractivity contribution is -0.167. The highest BCUT2D eigenvalue weighted by atomic mass is 16.6. The van der Waals surface area contributed by atoms with E-state index in [0.29, 0.717) is 19.3 Å². The summed E-state index contributed by atoms with van der Waals surface area (Å²) in [5, 5.41) is 0. The van der Waals surface area contributed by atoms with Crippen LogP contribution in [0.3, 0.4) is 0 Å². The first-order valence-corrected chi connectivity index (χ1v) is 22.3. The van der Waals surface area contributed by atoms with Gasteiger partial charge in [0.05, 0.1) is 0 Å². The van der Waals surface area contributed by atoms with Crippen LogP contribution in [0.1, 0.15) is 233 Å². The molecule has 0 N–H and O–H groups in total. The standard InChI is InChI=1S/C46H84O6/c1-4-7-10-13-16-19-20-21-22-23-24-25-28-30-33-36-39-45(48)51-42-43(52-46(49)40-37-34-31-27-18-15-12-9-6-3)41-50-44(47)38-35-32-29-26-17-14-11-8-5-2/h19-20,22-23,43H,4-18,21,24-42H2,1-3H3/b20-19-,23-22-. The smallest absolute Gasteiger partial charge is 0.306 e. The zero-order valence-corrected chi connectivity index (χ0v) is 34.6. The van der Waals surface area contributed by atoms with Crippen molar-refractivity contribution in [2.24, 2.45) is 0 Å². The monoisotopic (exact) mass is 733 g/mol. The summed E-state index contributed by atoms with van der Waals surface area (Å²) < 4.78 is 16.6. The van der Waals surface area contributed by atoms with E-state index in [-0.39, 0.29) is 31.1 Å². The van der Waals surface area contributed by atoms with E-state index < -0.39 is 6.10 Å². The zero-order valence-electron chi connectivity index (χ0n) is 34.6. The Morgan fingerprint density at radius 2 is 0.692 bits per heavy atom. The highest BCUT2D eigenvalue weighted by Gasteiger charge is 2.19. The van der Waals surface area contributed by atoms with E-state index in [1.807, 2.05) is 0 Å². The Labute approximate surface area is 322 Å². The van der Waals surface area contributed by atoms with Gasteiger partial charge in [0.1, 0.15) is 13.2 Å². The molecule has 0 amide bonds. The molecule has 0 bridgehead atoms. The summed E-state index contributed by atoms with van der Waals surface area (Å²) in [5.41, 5.74) is 0. The Bertz CT molecular complexity index is 850. The number of hydrogen-bond acceptors (Lipinski definition) is 6. The number of esters is 3. The number of allylic oxidation sites excluding steroid dienone is 4. The molecule has 304 valence electrons. The van der Waals surface area contributed by atoms with Crippen LogP contribution in [-0.4, -0.2) is 37.2 Å². The van der Waals surface area contributed by atoms with Gasteiger partial charge in [0, 0.05) is 19.3 Å². The number of unbranched alkanes of at least 4 members (excludes halogenated alkanes) is 25. The number of ether oxygens (including phenoxy) is 3. The molecule has 0 radical (unpaired) electrons. The fraction of sp³-hybridized carbons (Fsp3) is 0.848. The number of carbonyl (C=O) groups excluding carboxylic acids is 3. The molecular formula is C46H84O6. The SMILES string of the molecule is CCCCCC/C=C\C/C=C\CCCCCCCC(=O)OCC(COC(=O)CCCCCCCCCCC)OC(=O)CCCCCCCCCCC. The molecular weight excluding hydrogens is 648 g/mol. The van der Waals surface area contributed by atoms with Crippen LogP contribution in [0.4, 0.5) is 0 Å². The number of hydrogen-bond donors (Lipinski definition) is 0. The van der Waals surface area contributed by atoms with E-state index in [1.165, 1.54) is 116 Å². The second-order valence-electron chi connectivity index (χ2n) is 15.0. The summed E-state index contributed by atoms with van der Waals surface area (Å²) in [4.78, 5) is 37.6. The highest BCUT2D eigenvalue weighted by molar-refractivity contribution is 5.71. The van der Waals surface area contributed by atoms with E-state index in [1.54, 1.807) is 0 Å². The van der Waals surface area contributed by atoms with Gasteiger partial charge in [-0.05, 0) is 51.4 Å². The van der Waals surface area contributed by atoms with Gasteiger partial charge in [-0.2, -0.15) is 0 Å². The van der Waals surface area contributed by atoms with Gasteiger partial charge in [-0.1, -0.05) is 186 Å². The van der Waals surface area contributed by atoms with E-state index in [2.05, 4.69) is 45.1 Å². The average Bonchev–Trinajstić information content (AvgIpc) is 3.14. The van der Waals surface area contributed by atoms with Crippen LogP contribution < -0.4 is 0 Å². The molecule has 1 atom stereocenters. The summed E-state index contributed by atoms with van der Waals surface area (Å²) in [6.45, 7) is 6.57. The largest absolute Gasteiger partial charge is 0.462 e. The molecule has 0 aromatic carbocycles. The van der Waals surface area contributed by atoms with Crippen molar-refractivity contribution in [3.05, 3.63) is 24.3 Å². The molecule has 0 spiro atoms. The van der Waals surface area contributed by atoms with Crippen molar-refractivity contribution < 1.29 is 28.6 Å². The Kier molecular flexibility index (Phi) is 40.0. The Hall–Kier alpha value is -2.11. The van der Waals surface area contributed by atoms with Crippen LogP contribution in [0.5, 0.6) is 0 Å².